The Morgan fingerprint density at radius 1 is 0.598 bits per heavy atom. The number of nitrogens with zero attached hydrogens (tertiary/aromatic N) is 3. The molecule has 1 saturated heterocycles. The second-order valence-electron chi connectivity index (χ2n) is 27.5. The number of imidazole rings is 1. The van der Waals surface area contributed by atoms with Crippen LogP contribution in [0.1, 0.15) is 100 Å². The number of amides is 10. The average Bonchev–Trinajstić information content (AvgIpc) is 1.63. The molecule has 1 unspecified atom stereocenters. The number of ketones is 1. The molecule has 10 amide bonds. The Bertz CT molecular complexity index is 4000. The Morgan fingerprint density at radius 2 is 1.13 bits per heavy atom. The van der Waals surface area contributed by atoms with E-state index in [2.05, 4.69) is 73.1 Å². The van der Waals surface area contributed by atoms with E-state index in [1.165, 1.54) is 48.6 Å². The Morgan fingerprint density at radius 3 is 1.70 bits per heavy atom. The number of aromatic nitrogens is 3. The molecule has 1 fully saturated rings. The summed E-state index contributed by atoms with van der Waals surface area (Å²) in [6.45, 7) is 1.57. The van der Waals surface area contributed by atoms with Crippen molar-refractivity contribution in [1.29, 1.82) is 0 Å². The number of hydrogen-bond donors (Lipinski definition) is 21. The summed E-state index contributed by atoms with van der Waals surface area (Å²) < 4.78 is 0. The number of carboxylic acids is 2. The van der Waals surface area contributed by atoms with E-state index in [0.717, 1.165) is 0 Å². The van der Waals surface area contributed by atoms with Gasteiger partial charge in [0.25, 0.3) is 0 Å². The van der Waals surface area contributed by atoms with Crippen LogP contribution in [-0.4, -0.2) is 252 Å². The molecule has 112 heavy (non-hydrogen) atoms. The summed E-state index contributed by atoms with van der Waals surface area (Å²) in [5, 5.41) is 76.3. The number of para-hydroxylation sites is 1. The number of carboxylic acid groups (broad SMARTS) is 2. The van der Waals surface area contributed by atoms with Crippen molar-refractivity contribution in [3.63, 3.8) is 0 Å². The van der Waals surface area contributed by atoms with E-state index in [1.807, 2.05) is 0 Å². The number of likely N-dealkylation sites (tertiary alicyclic amines) is 1. The standard InChI is InChI=1S/C74H105N19O18S/c1-41(2)62(73(110)111)93-29-12-19-59(93)63(100)50(17-9-10-27-75)84-60(97)37-82-65(102)56(33-44-35-81-49-16-8-7-15-47(44)49)90-66(103)51(18-11-28-80-74(77)78)85-69(106)55(31-42-13-5-4-6-14-42)89-71(108)57(34-45-36-79-40-83-45)91-67(104)52(24-25-61(98)99)86-68(105)53(26-30-112-3)87-72(109)58(39-95)92-70(107)54(88-64(101)48(76)38-94)32-43-20-22-46(96)23-21-43/h4-8,13-16,20-23,35-36,40-41,48,50-59,62,81,94-96H,9-12,17-19,24-34,37-39,75-76H2,1-3H3,(H,79,83)(H,82,102)(H,84,97)(H,85,106)(H,86,105)(H,87,109)(H,88,101)(H,89,108)(H,90,103)(H,91,104)(H,92,107)(H,98,99)(H,110,111)(H4,77,78,80)/t48-,50-,51-,52-,53-,54-,55-,56-,57-,58-,59?,62-/m0/s1. The van der Waals surface area contributed by atoms with Crippen molar-refractivity contribution in [3.8, 4) is 5.75 Å². The van der Waals surface area contributed by atoms with Crippen LogP contribution in [0, 0.1) is 5.92 Å². The van der Waals surface area contributed by atoms with Gasteiger partial charge in [-0.3, -0.25) is 72.2 Å². The number of hydrogen-bond acceptors (Lipinski definition) is 22. The van der Waals surface area contributed by atoms with E-state index in [4.69, 9.17) is 22.9 Å². The number of phenolic OH excluding ortho intramolecular Hbond substituents is 1. The zero-order valence-corrected chi connectivity index (χ0v) is 63.5. The number of aliphatic carboxylic acids is 2. The van der Waals surface area contributed by atoms with E-state index < -0.39 is 176 Å². The number of aliphatic imine (C=N–C) groups is 1. The van der Waals surface area contributed by atoms with Gasteiger partial charge in [-0.05, 0) is 124 Å². The van der Waals surface area contributed by atoms with Crippen molar-refractivity contribution in [2.24, 2.45) is 33.8 Å². The molecule has 0 radical (unpaired) electrons. The van der Waals surface area contributed by atoms with Crippen molar-refractivity contribution in [3.05, 3.63) is 120 Å². The van der Waals surface area contributed by atoms with Gasteiger partial charge >= 0.3 is 11.9 Å². The summed E-state index contributed by atoms with van der Waals surface area (Å²) in [5.41, 5.74) is 25.3. The lowest BCUT2D eigenvalue weighted by atomic mass is 9.95. The topological polar surface area (TPSA) is 608 Å². The molecular weight excluding hydrogens is 1470 g/mol. The van der Waals surface area contributed by atoms with Gasteiger partial charge in [0.1, 0.15) is 66.2 Å². The van der Waals surface area contributed by atoms with Crippen LogP contribution in [0.5, 0.6) is 5.75 Å². The van der Waals surface area contributed by atoms with Crippen molar-refractivity contribution < 1.29 is 87.9 Å². The molecular formula is C74H105N19O18S. The number of nitrogens with two attached hydrogens (primary N) is 4. The van der Waals surface area contributed by atoms with E-state index >= 15 is 14.4 Å². The normalized spacial score (nSPS) is 15.7. The number of aromatic amines is 2. The van der Waals surface area contributed by atoms with E-state index in [0.29, 0.717) is 66.4 Å². The van der Waals surface area contributed by atoms with Gasteiger partial charge in [0.05, 0.1) is 38.2 Å². The molecule has 1 aliphatic rings. The van der Waals surface area contributed by atoms with Gasteiger partial charge in [-0.1, -0.05) is 74.5 Å². The highest BCUT2D eigenvalue weighted by atomic mass is 32.2. The second kappa shape index (κ2) is 45.9. The van der Waals surface area contributed by atoms with Gasteiger partial charge in [0.15, 0.2) is 11.7 Å². The number of benzene rings is 3. The molecule has 12 atom stereocenters. The van der Waals surface area contributed by atoms with E-state index in [-0.39, 0.29) is 92.8 Å². The Balaban J connectivity index is 1.25. The monoisotopic (exact) mass is 1580 g/mol. The predicted molar refractivity (Wildman–Crippen MR) is 412 cm³/mol. The zero-order valence-electron chi connectivity index (χ0n) is 62.7. The van der Waals surface area contributed by atoms with Crippen molar-refractivity contribution >= 4 is 105 Å². The first-order valence-electron chi connectivity index (χ1n) is 36.8. The first kappa shape index (κ1) is 89.8. The van der Waals surface area contributed by atoms with Gasteiger partial charge in [-0.15, -0.1) is 0 Å². The number of unbranched alkanes of at least 4 members (excludes halogenated alkanes) is 1. The number of carbonyl (C=O) groups excluding carboxylic acids is 11. The fraction of sp³-hybridized carbons (Fsp3) is 0.500. The lowest BCUT2D eigenvalue weighted by Crippen LogP contribution is -2.61. The van der Waals surface area contributed by atoms with Crippen LogP contribution in [0.3, 0.4) is 0 Å². The van der Waals surface area contributed by atoms with Gasteiger partial charge in [-0.25, -0.2) is 4.98 Å². The number of carbonyl (C=O) groups is 13. The van der Waals surface area contributed by atoms with Gasteiger partial charge in [0, 0.05) is 67.6 Å². The average molecular weight is 1580 g/mol. The molecule has 0 aliphatic carbocycles. The highest BCUT2D eigenvalue weighted by molar-refractivity contribution is 7.98. The van der Waals surface area contributed by atoms with Gasteiger partial charge in [0.2, 0.25) is 59.1 Å². The van der Waals surface area contributed by atoms with Crippen molar-refractivity contribution in [1.82, 2.24) is 73.0 Å². The maximum Gasteiger partial charge on any atom is 0.321 e. The lowest BCUT2D eigenvalue weighted by molar-refractivity contribution is -0.147. The molecule has 1 aliphatic heterocycles. The van der Waals surface area contributed by atoms with Crippen molar-refractivity contribution in [2.75, 3.05) is 51.4 Å². The maximum atomic E-state index is 15.1. The zero-order chi connectivity index (χ0) is 82.0. The van der Waals surface area contributed by atoms with E-state index in [9.17, 15) is 73.5 Å². The molecule has 0 spiro atoms. The fourth-order valence-electron chi connectivity index (χ4n) is 12.8. The van der Waals surface area contributed by atoms with Crippen LogP contribution in [0.2, 0.25) is 0 Å². The number of Topliss-reactive ketones (excluding diaryl/α,β-unsaturated/α-hetero) is 1. The second-order valence-corrected chi connectivity index (χ2v) is 28.5. The molecule has 0 bridgehead atoms. The number of fused-ring (bicyclic) bond motifs is 1. The molecule has 3 heterocycles. The first-order chi connectivity index (χ1) is 53.5. The van der Waals surface area contributed by atoms with Crippen LogP contribution in [0.25, 0.3) is 10.9 Å². The number of aromatic hydroxyl groups is 1. The molecule has 2 aromatic heterocycles. The van der Waals surface area contributed by atoms with Gasteiger partial charge in [-0.2, -0.15) is 11.8 Å². The number of rotatable bonds is 49. The highest BCUT2D eigenvalue weighted by Gasteiger charge is 2.43. The summed E-state index contributed by atoms with van der Waals surface area (Å²) >= 11 is 1.25. The number of phenols is 1. The summed E-state index contributed by atoms with van der Waals surface area (Å²) in [6.07, 6.45) is 5.31. The van der Waals surface area contributed by atoms with Crippen LogP contribution >= 0.6 is 11.8 Å². The molecule has 610 valence electrons. The summed E-state index contributed by atoms with van der Waals surface area (Å²) in [6, 6.07) is 3.86. The van der Waals surface area contributed by atoms with E-state index in [1.54, 1.807) is 85.8 Å². The van der Waals surface area contributed by atoms with Crippen LogP contribution < -0.4 is 76.1 Å². The number of aliphatic hydroxyl groups is 2. The molecule has 37 nitrogen and oxygen atoms in total. The SMILES string of the molecule is CSCC[C@H](NC(=O)[C@H](CO)NC(=O)[C@H](Cc1ccc(O)cc1)NC(=O)[C@@H](N)CO)C(=O)N[C@@H](CCC(=O)O)C(=O)N[C@@H](Cc1cnc[nH]1)C(=O)N[C@@H](Cc1ccccc1)C(=O)N[C@@H](CCCN=C(N)N)C(=O)N[C@@H](Cc1c[nH]c2ccccc12)C(=O)NCC(=O)N[C@@H](CCCCN)C(=O)C1CCCN1[C@H](C(=O)O)C(C)C. The number of guanidine groups is 1. The lowest BCUT2D eigenvalue weighted by Gasteiger charge is -2.33. The maximum absolute atomic E-state index is 15.1. The number of H-pyrrole nitrogens is 2. The Kier molecular flexibility index (Phi) is 36.8. The summed E-state index contributed by atoms with van der Waals surface area (Å²) in [7, 11) is 0. The molecule has 3 aromatic carbocycles. The number of thioether (sulfide) groups is 1. The van der Waals surface area contributed by atoms with Crippen LogP contribution in [0.4, 0.5) is 0 Å². The molecule has 38 heteroatoms. The fourth-order valence-corrected chi connectivity index (χ4v) is 13.2. The molecule has 0 saturated carbocycles. The smallest absolute Gasteiger partial charge is 0.321 e. The minimum Gasteiger partial charge on any atom is -0.508 e. The van der Waals surface area contributed by atoms with Gasteiger partial charge < -0.3 is 112 Å². The largest absolute Gasteiger partial charge is 0.508 e. The minimum absolute atomic E-state index is 0.0450. The Hall–Kier alpha value is -11.1. The quantitative estimate of drug-likeness (QED) is 0.0103. The Labute approximate surface area is 650 Å². The van der Waals surface area contributed by atoms with Crippen LogP contribution in [-0.2, 0) is 88.0 Å². The molecule has 6 rings (SSSR count). The van der Waals surface area contributed by atoms with Crippen LogP contribution in [0.15, 0.2) is 103 Å². The summed E-state index contributed by atoms with van der Waals surface area (Å²) in [5.74, 6) is -13.2. The van der Waals surface area contributed by atoms with Crippen molar-refractivity contribution in [2.45, 2.75) is 176 Å². The molecule has 25 N–H and O–H groups in total. The minimum atomic E-state index is -1.79. The third-order valence-electron chi connectivity index (χ3n) is 18.6. The molecule has 5 aromatic rings. The number of aliphatic hydroxyl groups excluding tert-OH is 2. The number of nitrogens with one attached hydrogen (secondary N) is 12. The highest BCUT2D eigenvalue weighted by Crippen LogP contribution is 2.27. The third-order valence-corrected chi connectivity index (χ3v) is 19.3. The predicted octanol–water partition coefficient (Wildman–Crippen LogP) is -3.40. The third kappa shape index (κ3) is 28.7. The summed E-state index contributed by atoms with van der Waals surface area (Å²) in [4.78, 5) is 198. The first-order valence-corrected chi connectivity index (χ1v) is 38.2.